The molecule has 6 nitrogen and oxygen atoms in total. The van der Waals surface area contributed by atoms with E-state index in [1.54, 1.807) is 6.07 Å². The molecular weight excluding hydrogens is 258 g/mol. The molecule has 1 aromatic heterocycles. The third-order valence-corrected chi connectivity index (χ3v) is 3.25. The lowest BCUT2D eigenvalue weighted by atomic mass is 10.1. The molecule has 0 unspecified atom stereocenters. The van der Waals surface area contributed by atoms with E-state index in [9.17, 15) is 9.90 Å². The van der Waals surface area contributed by atoms with E-state index in [1.807, 2.05) is 0 Å². The minimum Gasteiger partial charge on any atom is -0.505 e. The molecule has 1 aliphatic rings. The highest BCUT2D eigenvalue weighted by molar-refractivity contribution is 5.94. The second kappa shape index (κ2) is 7.81. The maximum Gasteiger partial charge on any atom is 0.273 e. The fourth-order valence-electron chi connectivity index (χ4n) is 2.14. The lowest BCUT2D eigenvalue weighted by Gasteiger charge is -2.22. The molecule has 0 bridgehead atoms. The largest absolute Gasteiger partial charge is 0.505 e. The summed E-state index contributed by atoms with van der Waals surface area (Å²) in [4.78, 5) is 15.6. The van der Waals surface area contributed by atoms with Crippen LogP contribution in [0.1, 0.15) is 29.8 Å². The molecule has 2 rings (SSSR count). The van der Waals surface area contributed by atoms with Gasteiger partial charge in [0.15, 0.2) is 5.69 Å². The van der Waals surface area contributed by atoms with Crippen LogP contribution in [0.4, 0.5) is 0 Å². The predicted molar refractivity (Wildman–Crippen MR) is 74.7 cm³/mol. The van der Waals surface area contributed by atoms with Gasteiger partial charge >= 0.3 is 0 Å². The van der Waals surface area contributed by atoms with Crippen molar-refractivity contribution in [3.8, 4) is 5.75 Å². The van der Waals surface area contributed by atoms with Crippen molar-refractivity contribution in [2.24, 2.45) is 0 Å². The zero-order chi connectivity index (χ0) is 14.2. The van der Waals surface area contributed by atoms with Crippen LogP contribution >= 0.6 is 0 Å². The number of aromatic nitrogens is 1. The van der Waals surface area contributed by atoms with E-state index in [2.05, 4.69) is 15.6 Å². The summed E-state index contributed by atoms with van der Waals surface area (Å²) in [5.74, 6) is -0.457. The standard InChI is InChI=1S/C14H21N3O3/c18-12-3-1-6-16-13(12)14(19)17-7-2-10-20-11-4-8-15-9-5-11/h1,3,6,11,15,18H,2,4-5,7-10H2,(H,17,19). The Labute approximate surface area is 118 Å². The van der Waals surface area contributed by atoms with Crippen LogP contribution < -0.4 is 10.6 Å². The number of nitrogens with one attached hydrogen (secondary N) is 2. The van der Waals surface area contributed by atoms with Crippen molar-refractivity contribution in [1.82, 2.24) is 15.6 Å². The zero-order valence-corrected chi connectivity index (χ0v) is 11.5. The van der Waals surface area contributed by atoms with Crippen molar-refractivity contribution in [3.63, 3.8) is 0 Å². The van der Waals surface area contributed by atoms with Crippen LogP contribution in [0.3, 0.4) is 0 Å². The van der Waals surface area contributed by atoms with Crippen molar-refractivity contribution in [2.45, 2.75) is 25.4 Å². The molecule has 1 aliphatic heterocycles. The third kappa shape index (κ3) is 4.47. The van der Waals surface area contributed by atoms with Crippen LogP contribution in [-0.4, -0.2) is 48.3 Å². The van der Waals surface area contributed by atoms with Gasteiger partial charge in [-0.25, -0.2) is 4.98 Å². The number of piperidine rings is 1. The summed E-state index contributed by atoms with van der Waals surface area (Å²) in [7, 11) is 0. The number of carbonyl (C=O) groups is 1. The Morgan fingerprint density at radius 2 is 2.30 bits per heavy atom. The Morgan fingerprint density at radius 3 is 3.05 bits per heavy atom. The number of carbonyl (C=O) groups excluding carboxylic acids is 1. The highest BCUT2D eigenvalue weighted by atomic mass is 16.5. The summed E-state index contributed by atoms with van der Waals surface area (Å²) in [6.45, 7) is 3.18. The van der Waals surface area contributed by atoms with Crippen LogP contribution in [-0.2, 0) is 4.74 Å². The van der Waals surface area contributed by atoms with Gasteiger partial charge in [0.2, 0.25) is 0 Å². The molecule has 0 atom stereocenters. The summed E-state index contributed by atoms with van der Waals surface area (Å²) in [5.41, 5.74) is 0.0618. The quantitative estimate of drug-likeness (QED) is 0.667. The van der Waals surface area contributed by atoms with E-state index in [-0.39, 0.29) is 17.4 Å². The van der Waals surface area contributed by atoms with E-state index in [0.29, 0.717) is 19.3 Å². The van der Waals surface area contributed by atoms with Gasteiger partial charge in [0, 0.05) is 19.3 Å². The molecular formula is C14H21N3O3. The minimum atomic E-state index is -0.357. The lowest BCUT2D eigenvalue weighted by molar-refractivity contribution is 0.0317. The highest BCUT2D eigenvalue weighted by Gasteiger charge is 2.13. The van der Waals surface area contributed by atoms with E-state index in [1.165, 1.54) is 12.3 Å². The molecule has 0 radical (unpaired) electrons. The van der Waals surface area contributed by atoms with Crippen LogP contribution in [0.2, 0.25) is 0 Å². The molecule has 6 heteroatoms. The molecule has 0 saturated carbocycles. The molecule has 110 valence electrons. The first-order valence-electron chi connectivity index (χ1n) is 7.02. The van der Waals surface area contributed by atoms with Gasteiger partial charge in [0.05, 0.1) is 6.10 Å². The van der Waals surface area contributed by atoms with Crippen LogP contribution in [0.5, 0.6) is 5.75 Å². The SMILES string of the molecule is O=C(NCCCOC1CCNCC1)c1ncccc1O. The van der Waals surface area contributed by atoms with Crippen LogP contribution in [0.25, 0.3) is 0 Å². The number of hydrogen-bond acceptors (Lipinski definition) is 5. The van der Waals surface area contributed by atoms with Gasteiger partial charge in [-0.1, -0.05) is 0 Å². The molecule has 1 fully saturated rings. The molecule has 0 aromatic carbocycles. The Hall–Kier alpha value is -1.66. The fraction of sp³-hybridized carbons (Fsp3) is 0.571. The Morgan fingerprint density at radius 1 is 1.50 bits per heavy atom. The van der Waals surface area contributed by atoms with E-state index < -0.39 is 0 Å². The molecule has 1 saturated heterocycles. The highest BCUT2D eigenvalue weighted by Crippen LogP contribution is 2.12. The first-order chi connectivity index (χ1) is 9.77. The van der Waals surface area contributed by atoms with Gasteiger partial charge in [-0.2, -0.15) is 0 Å². The first kappa shape index (κ1) is 14.7. The van der Waals surface area contributed by atoms with Gasteiger partial charge in [0.1, 0.15) is 5.75 Å². The number of aromatic hydroxyl groups is 1. The van der Waals surface area contributed by atoms with Gasteiger partial charge in [0.25, 0.3) is 5.91 Å². The second-order valence-electron chi connectivity index (χ2n) is 4.80. The zero-order valence-electron chi connectivity index (χ0n) is 11.5. The smallest absolute Gasteiger partial charge is 0.273 e. The monoisotopic (exact) mass is 279 g/mol. The van der Waals surface area contributed by atoms with Gasteiger partial charge in [-0.05, 0) is 44.5 Å². The molecule has 20 heavy (non-hydrogen) atoms. The maximum atomic E-state index is 11.7. The topological polar surface area (TPSA) is 83.5 Å². The molecule has 2 heterocycles. The van der Waals surface area contributed by atoms with Gasteiger partial charge in [-0.3, -0.25) is 4.79 Å². The van der Waals surface area contributed by atoms with Crippen molar-refractivity contribution in [3.05, 3.63) is 24.0 Å². The van der Waals surface area contributed by atoms with Crippen molar-refractivity contribution in [1.29, 1.82) is 0 Å². The number of amides is 1. The summed E-state index contributed by atoms with van der Waals surface area (Å²) in [6.07, 6.45) is 4.67. The molecule has 0 spiro atoms. The first-order valence-corrected chi connectivity index (χ1v) is 7.02. The van der Waals surface area contributed by atoms with Crippen molar-refractivity contribution >= 4 is 5.91 Å². The van der Waals surface area contributed by atoms with Crippen LogP contribution in [0.15, 0.2) is 18.3 Å². The second-order valence-corrected chi connectivity index (χ2v) is 4.80. The number of nitrogens with zero attached hydrogens (tertiary/aromatic N) is 1. The maximum absolute atomic E-state index is 11.7. The summed E-state index contributed by atoms with van der Waals surface area (Å²) in [6, 6.07) is 3.03. The average Bonchev–Trinajstić information content (AvgIpc) is 2.48. The van der Waals surface area contributed by atoms with Gasteiger partial charge in [-0.15, -0.1) is 0 Å². The summed E-state index contributed by atoms with van der Waals surface area (Å²) < 4.78 is 5.74. The Balaban J connectivity index is 1.61. The van der Waals surface area contributed by atoms with E-state index in [0.717, 1.165) is 32.4 Å². The minimum absolute atomic E-state index is 0.0618. The summed E-state index contributed by atoms with van der Waals surface area (Å²) >= 11 is 0. The fourth-order valence-corrected chi connectivity index (χ4v) is 2.14. The Kier molecular flexibility index (Phi) is 5.76. The van der Waals surface area contributed by atoms with Crippen molar-refractivity contribution in [2.75, 3.05) is 26.2 Å². The molecule has 0 aliphatic carbocycles. The summed E-state index contributed by atoms with van der Waals surface area (Å²) in [5, 5.41) is 15.5. The molecule has 1 aromatic rings. The number of pyridine rings is 1. The van der Waals surface area contributed by atoms with E-state index >= 15 is 0 Å². The van der Waals surface area contributed by atoms with E-state index in [4.69, 9.17) is 4.74 Å². The normalized spacial score (nSPS) is 16.0. The van der Waals surface area contributed by atoms with Crippen molar-refractivity contribution < 1.29 is 14.6 Å². The third-order valence-electron chi connectivity index (χ3n) is 3.25. The molecule has 1 amide bonds. The number of hydrogen-bond donors (Lipinski definition) is 3. The molecule has 3 N–H and O–H groups in total. The Bertz CT molecular complexity index is 433. The lowest BCUT2D eigenvalue weighted by Crippen LogP contribution is -2.33. The number of ether oxygens (including phenoxy) is 1. The average molecular weight is 279 g/mol. The number of rotatable bonds is 6. The van der Waals surface area contributed by atoms with Crippen LogP contribution in [0, 0.1) is 0 Å². The van der Waals surface area contributed by atoms with Gasteiger partial charge < -0.3 is 20.5 Å². The predicted octanol–water partition coefficient (Wildman–Crippen LogP) is 0.676.